The van der Waals surface area contributed by atoms with Crippen LogP contribution in [0.4, 0.5) is 4.79 Å². The molecule has 12 heteroatoms. The molecule has 3 N–H and O–H groups in total. The number of carboxylic acids is 1. The predicted molar refractivity (Wildman–Crippen MR) is 78.0 cm³/mol. The molecule has 22 heavy (non-hydrogen) atoms. The summed E-state index contributed by atoms with van der Waals surface area (Å²) in [4.78, 5) is 44.3. The molecule has 3 amide bonds. The van der Waals surface area contributed by atoms with Crippen LogP contribution in [0.1, 0.15) is 6.42 Å². The molecule has 0 radical (unpaired) electrons. The van der Waals surface area contributed by atoms with Gasteiger partial charge in [0, 0.05) is 6.42 Å². The predicted octanol–water partition coefficient (Wildman–Crippen LogP) is -2.40. The minimum Gasteiger partial charge on any atom is -0.548 e. The summed E-state index contributed by atoms with van der Waals surface area (Å²) >= 11 is 2.06. The lowest BCUT2D eigenvalue weighted by molar-refractivity contribution is -0.304. The number of thioether (sulfide) groups is 2. The van der Waals surface area contributed by atoms with E-state index in [2.05, 4.69) is 26.2 Å². The number of hydrogen-bond acceptors (Lipinski definition) is 9. The standard InChI is InChI=1S/C10H11N5O5S2/c16-6(11-2-7(17)18)1-4-8(19)13-9(22-4)15-14-5-3-21-10(20)12-5/h4H,1-3H2,(H,11,16)(H,17,18)(H,12,14,20)(H,13,15,19)/p-1/t4-/m1/s1. The number of rotatable bonds is 5. The van der Waals surface area contributed by atoms with E-state index in [-0.39, 0.29) is 16.8 Å². The number of nitrogens with zero attached hydrogens (tertiary/aromatic N) is 2. The smallest absolute Gasteiger partial charge is 0.284 e. The second-order valence-electron chi connectivity index (χ2n) is 4.10. The zero-order valence-electron chi connectivity index (χ0n) is 11.0. The number of aliphatic carboxylic acids is 1. The second kappa shape index (κ2) is 7.26. The highest BCUT2D eigenvalue weighted by Crippen LogP contribution is 2.22. The summed E-state index contributed by atoms with van der Waals surface area (Å²) in [6.45, 7) is -0.607. The molecule has 118 valence electrons. The van der Waals surface area contributed by atoms with Gasteiger partial charge in [-0.15, -0.1) is 10.2 Å². The summed E-state index contributed by atoms with van der Waals surface area (Å²) in [7, 11) is 0. The quantitative estimate of drug-likeness (QED) is 0.470. The number of carboxylic acid groups (broad SMARTS) is 1. The maximum Gasteiger partial charge on any atom is 0.284 e. The molecular weight excluding hydrogens is 334 g/mol. The van der Waals surface area contributed by atoms with E-state index >= 15 is 0 Å². The summed E-state index contributed by atoms with van der Waals surface area (Å²) in [5.41, 5.74) is 0. The van der Waals surface area contributed by atoms with Crippen LogP contribution in [-0.4, -0.2) is 51.6 Å². The van der Waals surface area contributed by atoms with Crippen molar-refractivity contribution in [2.24, 2.45) is 10.2 Å². The molecule has 0 aliphatic carbocycles. The van der Waals surface area contributed by atoms with Crippen LogP contribution in [0.15, 0.2) is 10.2 Å². The topological polar surface area (TPSA) is 152 Å². The number of amides is 3. The number of nitrogens with one attached hydrogen (secondary N) is 3. The Morgan fingerprint density at radius 2 is 2.09 bits per heavy atom. The van der Waals surface area contributed by atoms with Gasteiger partial charge >= 0.3 is 0 Å². The average Bonchev–Trinajstić information content (AvgIpc) is 3.01. The third-order valence-electron chi connectivity index (χ3n) is 2.43. The van der Waals surface area contributed by atoms with Crippen LogP contribution < -0.4 is 21.1 Å². The fourth-order valence-corrected chi connectivity index (χ4v) is 2.99. The SMILES string of the molecule is O=C([O-])CNC(=O)C[C@H]1S/C(=N\N=C2/CSC(=O)N2)NC1=O. The van der Waals surface area contributed by atoms with E-state index < -0.39 is 29.6 Å². The fraction of sp³-hybridized carbons (Fsp3) is 0.400. The van der Waals surface area contributed by atoms with Crippen LogP contribution in [0.25, 0.3) is 0 Å². The van der Waals surface area contributed by atoms with E-state index in [1.165, 1.54) is 0 Å². The minimum atomic E-state index is -1.41. The van der Waals surface area contributed by atoms with Gasteiger partial charge in [-0.2, -0.15) is 0 Å². The van der Waals surface area contributed by atoms with E-state index in [0.717, 1.165) is 23.5 Å². The summed E-state index contributed by atoms with van der Waals surface area (Å²) in [6, 6.07) is 0. The molecule has 2 saturated heterocycles. The van der Waals surface area contributed by atoms with Gasteiger partial charge in [-0.05, 0) is 0 Å². The number of carbonyl (C=O) groups is 4. The first-order valence-corrected chi connectivity index (χ1v) is 7.83. The first-order chi connectivity index (χ1) is 10.4. The van der Waals surface area contributed by atoms with Crippen molar-refractivity contribution in [1.29, 1.82) is 0 Å². The van der Waals surface area contributed by atoms with Crippen molar-refractivity contribution in [3.63, 3.8) is 0 Å². The van der Waals surface area contributed by atoms with Crippen molar-refractivity contribution in [3.8, 4) is 0 Å². The van der Waals surface area contributed by atoms with Crippen LogP contribution in [0.3, 0.4) is 0 Å². The van der Waals surface area contributed by atoms with E-state index in [1.807, 2.05) is 0 Å². The van der Waals surface area contributed by atoms with Crippen LogP contribution >= 0.6 is 23.5 Å². The Labute approximate surface area is 132 Å². The monoisotopic (exact) mass is 344 g/mol. The molecule has 0 unspecified atom stereocenters. The molecule has 2 aliphatic heterocycles. The molecule has 2 fully saturated rings. The van der Waals surface area contributed by atoms with Gasteiger partial charge in [-0.3, -0.25) is 14.4 Å². The molecule has 10 nitrogen and oxygen atoms in total. The fourth-order valence-electron chi connectivity index (χ4n) is 1.48. The van der Waals surface area contributed by atoms with Gasteiger partial charge in [0.05, 0.1) is 18.3 Å². The normalized spacial score (nSPS) is 24.5. The van der Waals surface area contributed by atoms with Crippen LogP contribution in [0, 0.1) is 0 Å². The Bertz CT molecular complexity index is 590. The maximum absolute atomic E-state index is 11.7. The Balaban J connectivity index is 1.86. The summed E-state index contributed by atoms with van der Waals surface area (Å²) in [5.74, 6) is -1.65. The van der Waals surface area contributed by atoms with Gasteiger partial charge in [-0.1, -0.05) is 23.5 Å². The molecule has 0 spiro atoms. The maximum atomic E-state index is 11.7. The molecule has 2 heterocycles. The van der Waals surface area contributed by atoms with Gasteiger partial charge < -0.3 is 25.9 Å². The molecule has 2 aliphatic rings. The first-order valence-electron chi connectivity index (χ1n) is 5.96. The highest BCUT2D eigenvalue weighted by Gasteiger charge is 2.32. The molecule has 0 bridgehead atoms. The van der Waals surface area contributed by atoms with Gasteiger partial charge in [0.1, 0.15) is 11.1 Å². The molecule has 0 aromatic rings. The highest BCUT2D eigenvalue weighted by atomic mass is 32.2. The van der Waals surface area contributed by atoms with E-state index in [4.69, 9.17) is 0 Å². The number of amidine groups is 2. The van der Waals surface area contributed by atoms with Gasteiger partial charge in [0.25, 0.3) is 5.24 Å². The number of carbonyl (C=O) groups excluding carboxylic acids is 4. The molecular formula is C10H10N5O5S2-. The van der Waals surface area contributed by atoms with Gasteiger partial charge in [0.2, 0.25) is 11.8 Å². The second-order valence-corrected chi connectivity index (χ2v) is 6.24. The Hall–Kier alpha value is -2.08. The van der Waals surface area contributed by atoms with Gasteiger partial charge in [0.15, 0.2) is 5.17 Å². The first kappa shape index (κ1) is 16.3. The highest BCUT2D eigenvalue weighted by molar-refractivity contribution is 8.15. The zero-order valence-corrected chi connectivity index (χ0v) is 12.6. The summed E-state index contributed by atoms with van der Waals surface area (Å²) in [6.07, 6.45) is -0.189. The molecule has 0 aromatic heterocycles. The Morgan fingerprint density at radius 3 is 2.73 bits per heavy atom. The van der Waals surface area contributed by atoms with Crippen molar-refractivity contribution in [1.82, 2.24) is 16.0 Å². The van der Waals surface area contributed by atoms with Crippen LogP contribution in [0.5, 0.6) is 0 Å². The van der Waals surface area contributed by atoms with Gasteiger partial charge in [-0.25, -0.2) is 0 Å². The van der Waals surface area contributed by atoms with Crippen LogP contribution in [0.2, 0.25) is 0 Å². The molecule has 0 saturated carbocycles. The number of hydrogen-bond donors (Lipinski definition) is 3. The van der Waals surface area contributed by atoms with Crippen molar-refractivity contribution < 1.29 is 24.3 Å². The van der Waals surface area contributed by atoms with Crippen molar-refractivity contribution in [3.05, 3.63) is 0 Å². The largest absolute Gasteiger partial charge is 0.548 e. The van der Waals surface area contributed by atoms with Crippen LogP contribution in [-0.2, 0) is 14.4 Å². The molecule has 0 aromatic carbocycles. The average molecular weight is 344 g/mol. The lowest BCUT2D eigenvalue weighted by Gasteiger charge is -2.07. The Kier molecular flexibility index (Phi) is 5.38. The van der Waals surface area contributed by atoms with E-state index in [9.17, 15) is 24.3 Å². The minimum absolute atomic E-state index is 0.189. The van der Waals surface area contributed by atoms with E-state index in [1.54, 1.807) is 0 Å². The van der Waals surface area contributed by atoms with Crippen molar-refractivity contribution >= 4 is 57.5 Å². The third kappa shape index (κ3) is 4.73. The van der Waals surface area contributed by atoms with E-state index in [0.29, 0.717) is 11.6 Å². The van der Waals surface area contributed by atoms with Crippen molar-refractivity contribution in [2.45, 2.75) is 11.7 Å². The zero-order chi connectivity index (χ0) is 16.1. The Morgan fingerprint density at radius 1 is 1.32 bits per heavy atom. The summed E-state index contributed by atoms with van der Waals surface area (Å²) < 4.78 is 0. The third-order valence-corrected chi connectivity index (χ3v) is 4.28. The lowest BCUT2D eigenvalue weighted by atomic mass is 10.2. The lowest BCUT2D eigenvalue weighted by Crippen LogP contribution is -2.39. The molecule has 1 atom stereocenters. The van der Waals surface area contributed by atoms with Crippen molar-refractivity contribution in [2.75, 3.05) is 12.3 Å². The molecule has 2 rings (SSSR count). The summed E-state index contributed by atoms with van der Waals surface area (Å²) in [5, 5.41) is 24.1.